The van der Waals surface area contributed by atoms with E-state index >= 15 is 0 Å². The van der Waals surface area contributed by atoms with Crippen LogP contribution in [0.5, 0.6) is 0 Å². The molecule has 4 aromatic rings. The Morgan fingerprint density at radius 2 is 0.816 bits per heavy atom. The minimum Gasteiger partial charge on any atom is -0.467 e. The predicted octanol–water partition coefficient (Wildman–Crippen LogP) is -4.03. The van der Waals surface area contributed by atoms with Gasteiger partial charge in [-0.3, -0.25) is 14.0 Å². The maximum atomic E-state index is 12.7. The van der Waals surface area contributed by atoms with Crippen molar-refractivity contribution in [2.24, 2.45) is 10.3 Å². The number of benzene rings is 4. The molecule has 54 heteroatoms. The van der Waals surface area contributed by atoms with Gasteiger partial charge in [0.1, 0.15) is 40.8 Å². The first-order valence-electron chi connectivity index (χ1n) is 32.4. The zero-order chi connectivity index (χ0) is 78.1. The largest absolute Gasteiger partial charge is 0.467 e. The average molecular weight is 1470 g/mol. The van der Waals surface area contributed by atoms with Crippen molar-refractivity contribution >= 4 is 320 Å². The van der Waals surface area contributed by atoms with E-state index in [1.165, 1.54) is 33.2 Å². The summed E-state index contributed by atoms with van der Waals surface area (Å²) in [5.41, 5.74) is 8.27. The average Bonchev–Trinajstić information content (AvgIpc) is 1.61. The van der Waals surface area contributed by atoms with Gasteiger partial charge in [0.2, 0.25) is 0 Å². The molecule has 0 unspecified atom stereocenters. The van der Waals surface area contributed by atoms with Crippen LogP contribution in [0.4, 0.5) is 9.59 Å². The number of amides is 2. The summed E-state index contributed by atoms with van der Waals surface area (Å²) in [7, 11) is 103. The molecule has 2 fully saturated rings. The Hall–Kier alpha value is -3.62. The van der Waals surface area contributed by atoms with E-state index in [9.17, 15) is 27.6 Å². The lowest BCUT2D eigenvalue weighted by molar-refractivity contribution is -0.146. The summed E-state index contributed by atoms with van der Waals surface area (Å²) < 4.78 is 49.3. The second kappa shape index (κ2) is 41.3. The van der Waals surface area contributed by atoms with Crippen molar-refractivity contribution in [2.45, 2.75) is 89.9 Å². The first kappa shape index (κ1) is 91.8. The summed E-state index contributed by atoms with van der Waals surface area (Å²) in [6.07, 6.45) is -10.6. The lowest BCUT2D eigenvalue weighted by Gasteiger charge is -2.38. The van der Waals surface area contributed by atoms with Gasteiger partial charge in [-0.1, -0.05) is 103 Å². The van der Waals surface area contributed by atoms with Crippen LogP contribution in [0, 0.1) is 0 Å². The number of oxime groups is 2. The molecule has 2 saturated heterocycles. The van der Waals surface area contributed by atoms with Crippen LogP contribution in [0.3, 0.4) is 0 Å². The SMILES string of the molecule is COC(=O)[C@@H]1C[C@@H](ON=C2c3ccccc3-c3ccc(Br)cc32)CN1C(=O)OC(C)(C)C.COC(=O)[C@@H]1C[C@H](OS(C)(=O)=O)CN1C(=O)OC(C)(C)C.ON=C1c2ccccc2-c2ccc(Br)cc21.[B][B]B(B([B])[B])B(B([B])[B])B(B([B])[B])B([B])[B].[B][B]B(B([B])[B])B(B([B])[B])B(B([B])[B])B([B])[B]. The number of nitrogens with zero attached hydrogens (tertiary/aromatic N) is 4. The van der Waals surface area contributed by atoms with E-state index in [2.05, 4.69) is 53.0 Å². The molecule has 38 radical (unpaired) electrons. The number of halogens is 2. The molecule has 1 N–H and O–H groups in total. The lowest BCUT2D eigenvalue weighted by Crippen LogP contribution is -2.76. The molecule has 0 spiro atoms. The number of hydrogen-bond donors (Lipinski definition) is 1. The van der Waals surface area contributed by atoms with Crippen LogP contribution in [0.25, 0.3) is 22.3 Å². The summed E-state index contributed by atoms with van der Waals surface area (Å²) in [6, 6.07) is 26.3. The highest BCUT2D eigenvalue weighted by atomic mass is 79.9. The van der Waals surface area contributed by atoms with Crippen molar-refractivity contribution < 1.29 is 60.8 Å². The molecule has 4 aliphatic rings. The summed E-state index contributed by atoms with van der Waals surface area (Å²) in [5.74, 6) is -1.14. The number of esters is 2. The molecule has 2 aliphatic carbocycles. The molecule has 0 bridgehead atoms. The minimum atomic E-state index is -3.68. The Bertz CT molecular complexity index is 3610. The Balaban J connectivity index is 0.000000282. The number of fused-ring (bicyclic) bond motifs is 6. The topological polar surface area (TPSA) is 209 Å². The lowest BCUT2D eigenvalue weighted by atomic mass is 8.43. The Morgan fingerprint density at radius 3 is 1.13 bits per heavy atom. The number of rotatable bonds is 20. The summed E-state index contributed by atoms with van der Waals surface area (Å²) in [4.78, 5) is 57.2. The molecule has 470 valence electrons. The molecule has 0 saturated carbocycles. The van der Waals surface area contributed by atoms with Gasteiger partial charge in [-0.15, -0.1) is 0 Å². The van der Waals surface area contributed by atoms with Gasteiger partial charge in [0.25, 0.3) is 10.1 Å². The number of hydrogen-bond acceptors (Lipinski definition) is 15. The molecule has 8 rings (SSSR count). The smallest absolute Gasteiger partial charge is 0.411 e. The monoisotopic (exact) mass is 1470 g/mol. The highest BCUT2D eigenvalue weighted by Crippen LogP contribution is 2.40. The summed E-state index contributed by atoms with van der Waals surface area (Å²) >= 11 is 6.96. The van der Waals surface area contributed by atoms with E-state index in [0.717, 1.165) is 70.3 Å². The van der Waals surface area contributed by atoms with E-state index in [4.69, 9.17) is 168 Å². The van der Waals surface area contributed by atoms with Crippen molar-refractivity contribution in [1.29, 1.82) is 0 Å². The van der Waals surface area contributed by atoms with Gasteiger partial charge >= 0.3 is 24.1 Å². The third-order valence-corrected chi connectivity index (χ3v) is 18.2. The highest BCUT2D eigenvalue weighted by Gasteiger charge is 2.47. The minimum absolute atomic E-state index is 0.0407. The van der Waals surface area contributed by atoms with Crippen molar-refractivity contribution in [1.82, 2.24) is 9.80 Å². The molecule has 2 heterocycles. The second-order valence-electron chi connectivity index (χ2n) is 26.8. The Labute approximate surface area is 657 Å². The summed E-state index contributed by atoms with van der Waals surface area (Å²) in [5, 5.41) is 17.0. The van der Waals surface area contributed by atoms with Crippen LogP contribution in [-0.4, -0.2) is 371 Å². The fraction of sp³-hybridized carbons (Fsp3) is 0.388. The van der Waals surface area contributed by atoms with Crippen LogP contribution in [0.2, 0.25) is 0 Å². The number of likely N-dealkylation sites (tertiary alicyclic amines) is 2. The quantitative estimate of drug-likeness (QED) is 0.0193. The highest BCUT2D eigenvalue weighted by molar-refractivity contribution is 9.10. The third-order valence-electron chi connectivity index (χ3n) is 16.6. The number of ether oxygens (including phenoxy) is 4. The molecule has 0 aromatic heterocycles. The molecule has 2 amide bonds. The van der Waals surface area contributed by atoms with Crippen LogP contribution in [0.1, 0.15) is 76.6 Å². The van der Waals surface area contributed by atoms with Crippen LogP contribution < -0.4 is 0 Å². The maximum Gasteiger partial charge on any atom is 0.411 e. The van der Waals surface area contributed by atoms with Gasteiger partial charge in [0, 0.05) is 287 Å². The second-order valence-corrected chi connectivity index (χ2v) is 30.2. The van der Waals surface area contributed by atoms with E-state index in [-0.39, 0.29) is 25.9 Å². The normalized spacial score (nSPS) is 16.4. The van der Waals surface area contributed by atoms with Crippen molar-refractivity contribution in [2.75, 3.05) is 33.6 Å². The third kappa shape index (κ3) is 26.3. The molecule has 4 atom stereocenters. The predicted molar refractivity (Wildman–Crippen MR) is 459 cm³/mol. The Morgan fingerprint density at radius 1 is 0.495 bits per heavy atom. The molecular formula is C49H54B34Br2N4O13S. The van der Waals surface area contributed by atoms with Crippen LogP contribution >= 0.6 is 31.9 Å². The van der Waals surface area contributed by atoms with Gasteiger partial charge in [-0.25, -0.2) is 19.2 Å². The molecule has 103 heavy (non-hydrogen) atoms. The van der Waals surface area contributed by atoms with Crippen LogP contribution in [0.15, 0.2) is 104 Å². The molecule has 2 aliphatic heterocycles. The summed E-state index contributed by atoms with van der Waals surface area (Å²) in [6.45, 7) is 10.5. The zero-order valence-electron chi connectivity index (χ0n) is 59.1. The van der Waals surface area contributed by atoms with Gasteiger partial charge in [0.15, 0.2) is 0 Å². The first-order valence-corrected chi connectivity index (χ1v) is 35.8. The van der Waals surface area contributed by atoms with Gasteiger partial charge in [0.05, 0.1) is 39.7 Å². The van der Waals surface area contributed by atoms with Gasteiger partial charge in [-0.2, -0.15) is 8.42 Å². The van der Waals surface area contributed by atoms with E-state index in [1.807, 2.05) is 78.9 Å². The zero-order valence-corrected chi connectivity index (χ0v) is 63.1. The van der Waals surface area contributed by atoms with Gasteiger partial charge in [-0.05, 0) is 88.1 Å². The van der Waals surface area contributed by atoms with E-state index in [0.29, 0.717) is 5.71 Å². The standard InChI is InChI=1S/C24H25BrN2O5.C13H8BrNO.C12H21NO7S.2B17/c1-24(2,3)31-23(29)27-13-15(12-20(27)22(28)30-4)32-26-21-18-8-6-5-7-16(18)17-10-9-14(25)11-19(17)21;14-8-5-6-10-9-3-1-2-4-11(9)13(15-16)12(10)7-8;1-12(2,3)19-11(15)13-7-8(20-21(5,16)17)6-9(13)10(14)18-4;2*1-10-15(11(2)3)17(14(8)9)16(12(4)5)13(6)7/h5-11,15,20H,12-13H2,1-4H3;1-7,16H;8-9H,6-7H2,1-5H3;;/t15-,20+;;8-,9-;;/m1.0../s1. The fourth-order valence-electron chi connectivity index (χ4n) is 12.2. The first-order chi connectivity index (χ1) is 47.9. The maximum absolute atomic E-state index is 12.7. The fourth-order valence-corrected chi connectivity index (χ4v) is 13.6. The van der Waals surface area contributed by atoms with E-state index in [1.54, 1.807) is 41.5 Å². The number of methoxy groups -OCH3 is 2. The number of carbonyl (C=O) groups is 4. The Kier molecular flexibility index (Phi) is 36.8. The van der Waals surface area contributed by atoms with Crippen molar-refractivity contribution in [3.05, 3.63) is 116 Å². The number of carbonyl (C=O) groups excluding carboxylic acids is 4. The van der Waals surface area contributed by atoms with Crippen LogP contribution in [-0.2, 0) is 47.7 Å². The molecule has 17 nitrogen and oxygen atoms in total. The van der Waals surface area contributed by atoms with Gasteiger partial charge < -0.3 is 29.0 Å². The molecule has 4 aromatic carbocycles. The van der Waals surface area contributed by atoms with Crippen molar-refractivity contribution in [3.8, 4) is 22.3 Å². The van der Waals surface area contributed by atoms with Crippen molar-refractivity contribution in [3.63, 3.8) is 0 Å². The van der Waals surface area contributed by atoms with E-state index < -0.39 is 159 Å². The molecular weight excluding hydrogens is 1410 g/mol.